The van der Waals surface area contributed by atoms with E-state index >= 15 is 0 Å². The first-order valence-electron chi connectivity index (χ1n) is 6.98. The molecule has 1 fully saturated rings. The van der Waals surface area contributed by atoms with Crippen molar-refractivity contribution < 1.29 is 14.6 Å². The Hall–Kier alpha value is -2.03. The maximum atomic E-state index is 11.6. The van der Waals surface area contributed by atoms with E-state index in [0.717, 1.165) is 36.4 Å². The molecule has 1 aromatic rings. The van der Waals surface area contributed by atoms with Crippen LogP contribution in [0.15, 0.2) is 18.2 Å². The Morgan fingerprint density at radius 3 is 3.10 bits per heavy atom. The molecule has 1 saturated heterocycles. The van der Waals surface area contributed by atoms with Crippen molar-refractivity contribution in [1.82, 2.24) is 10.2 Å². The first-order chi connectivity index (χ1) is 10.2. The minimum absolute atomic E-state index is 0.0541. The van der Waals surface area contributed by atoms with E-state index in [1.54, 1.807) is 7.11 Å². The van der Waals surface area contributed by atoms with Gasteiger partial charge >= 0.3 is 0 Å². The number of hydrogen-bond donors (Lipinski definition) is 2. The highest BCUT2D eigenvalue weighted by atomic mass is 16.5. The van der Waals surface area contributed by atoms with Gasteiger partial charge in [-0.15, -0.1) is 0 Å². The summed E-state index contributed by atoms with van der Waals surface area (Å²) in [6.07, 6.45) is 0.938. The number of amides is 1. The fourth-order valence-corrected chi connectivity index (χ4v) is 2.33. The van der Waals surface area contributed by atoms with Crippen molar-refractivity contribution in [3.05, 3.63) is 29.3 Å². The summed E-state index contributed by atoms with van der Waals surface area (Å²) in [5.41, 5.74) is 1.86. The third-order valence-electron chi connectivity index (χ3n) is 3.35. The molecule has 1 aromatic carbocycles. The van der Waals surface area contributed by atoms with Crippen molar-refractivity contribution in [3.63, 3.8) is 0 Å². The van der Waals surface area contributed by atoms with E-state index < -0.39 is 0 Å². The van der Waals surface area contributed by atoms with E-state index in [1.807, 2.05) is 18.2 Å². The fraction of sp³-hybridized carbons (Fsp3) is 0.438. The molecule has 0 aliphatic carbocycles. The van der Waals surface area contributed by atoms with E-state index in [0.29, 0.717) is 13.1 Å². The maximum Gasteiger partial charge on any atom is 0.234 e. The second-order valence-electron chi connectivity index (χ2n) is 4.90. The Labute approximate surface area is 124 Å². The predicted molar refractivity (Wildman–Crippen MR) is 79.9 cm³/mol. The van der Waals surface area contributed by atoms with Crippen LogP contribution in [0.5, 0.6) is 5.75 Å². The predicted octanol–water partition coefficient (Wildman–Crippen LogP) is 0.361. The molecule has 1 aliphatic rings. The normalized spacial score (nSPS) is 15.6. The molecule has 5 heteroatoms. The molecule has 2 N–H and O–H groups in total. The number of hydrogen-bond acceptors (Lipinski definition) is 4. The third kappa shape index (κ3) is 4.48. The summed E-state index contributed by atoms with van der Waals surface area (Å²) in [6.45, 7) is 2.45. The lowest BCUT2D eigenvalue weighted by Crippen LogP contribution is -2.32. The van der Waals surface area contributed by atoms with E-state index in [2.05, 4.69) is 22.1 Å². The van der Waals surface area contributed by atoms with Gasteiger partial charge < -0.3 is 15.2 Å². The second kappa shape index (κ2) is 7.67. The van der Waals surface area contributed by atoms with Crippen LogP contribution in [0.25, 0.3) is 0 Å². The molecule has 1 amide bonds. The molecule has 2 rings (SSSR count). The third-order valence-corrected chi connectivity index (χ3v) is 3.35. The molecule has 5 nitrogen and oxygen atoms in total. The van der Waals surface area contributed by atoms with Gasteiger partial charge in [-0.2, -0.15) is 0 Å². The van der Waals surface area contributed by atoms with Crippen LogP contribution in [0.3, 0.4) is 0 Å². The molecule has 0 bridgehead atoms. The number of nitrogens with one attached hydrogen (secondary N) is 1. The van der Waals surface area contributed by atoms with Crippen LogP contribution in [-0.4, -0.2) is 49.3 Å². The van der Waals surface area contributed by atoms with Crippen molar-refractivity contribution in [3.8, 4) is 17.6 Å². The summed E-state index contributed by atoms with van der Waals surface area (Å²) in [7, 11) is 1.62. The number of carbonyl (C=O) groups excluding carboxylic acids is 1. The highest BCUT2D eigenvalue weighted by molar-refractivity contribution is 5.78. The van der Waals surface area contributed by atoms with Crippen LogP contribution >= 0.6 is 0 Å². The second-order valence-corrected chi connectivity index (χ2v) is 4.90. The minimum atomic E-state index is -0.169. The zero-order chi connectivity index (χ0) is 15.1. The van der Waals surface area contributed by atoms with Crippen molar-refractivity contribution in [1.29, 1.82) is 0 Å². The van der Waals surface area contributed by atoms with Gasteiger partial charge in [-0.3, -0.25) is 9.69 Å². The van der Waals surface area contributed by atoms with E-state index in [1.165, 1.54) is 0 Å². The van der Waals surface area contributed by atoms with Gasteiger partial charge in [0.15, 0.2) is 0 Å². The number of carbonyl (C=O) groups is 1. The van der Waals surface area contributed by atoms with Gasteiger partial charge in [0, 0.05) is 25.2 Å². The zero-order valence-corrected chi connectivity index (χ0v) is 12.2. The molecule has 1 aliphatic heterocycles. The number of ether oxygens (including phenoxy) is 1. The van der Waals surface area contributed by atoms with Gasteiger partial charge in [0.05, 0.1) is 13.7 Å². The molecule has 0 atom stereocenters. The molecule has 0 saturated carbocycles. The molecule has 112 valence electrons. The lowest BCUT2D eigenvalue weighted by molar-refractivity contribution is -0.121. The largest absolute Gasteiger partial charge is 0.497 e. The van der Waals surface area contributed by atoms with Crippen LogP contribution < -0.4 is 10.1 Å². The Bertz CT molecular complexity index is 560. The maximum absolute atomic E-state index is 11.6. The van der Waals surface area contributed by atoms with Crippen LogP contribution in [0, 0.1) is 11.8 Å². The SMILES string of the molecule is COc1ccc(C#CCO)c(CN2CCCNC(=O)C2)c1. The van der Waals surface area contributed by atoms with E-state index in [9.17, 15) is 4.79 Å². The molecule has 0 radical (unpaired) electrons. The van der Waals surface area contributed by atoms with Crippen LogP contribution in [0.2, 0.25) is 0 Å². The molecule has 1 heterocycles. The molecule has 0 unspecified atom stereocenters. The standard InChI is InChI=1S/C16H20N2O3/c1-21-15-6-5-13(4-2-9-19)14(10-15)11-18-8-3-7-17-16(20)12-18/h5-6,10,19H,3,7-9,11-12H2,1H3,(H,17,20). The molecule has 21 heavy (non-hydrogen) atoms. The van der Waals surface area contributed by atoms with E-state index in [4.69, 9.17) is 9.84 Å². The van der Waals surface area contributed by atoms with Crippen molar-refractivity contribution in [2.45, 2.75) is 13.0 Å². The average molecular weight is 288 g/mol. The summed E-state index contributed by atoms with van der Waals surface area (Å²) < 4.78 is 5.25. The summed E-state index contributed by atoms with van der Waals surface area (Å²) >= 11 is 0. The zero-order valence-electron chi connectivity index (χ0n) is 12.2. The number of methoxy groups -OCH3 is 1. The van der Waals surface area contributed by atoms with Crippen LogP contribution in [0.1, 0.15) is 17.5 Å². The first kappa shape index (κ1) is 15.4. The topological polar surface area (TPSA) is 61.8 Å². The Morgan fingerprint density at radius 1 is 1.48 bits per heavy atom. The fourth-order valence-electron chi connectivity index (χ4n) is 2.33. The van der Waals surface area contributed by atoms with Gasteiger partial charge in [-0.1, -0.05) is 11.8 Å². The Balaban J connectivity index is 2.21. The Kier molecular flexibility index (Phi) is 5.61. The van der Waals surface area contributed by atoms with Crippen molar-refractivity contribution in [2.24, 2.45) is 0 Å². The quantitative estimate of drug-likeness (QED) is 0.789. The van der Waals surface area contributed by atoms with Crippen molar-refractivity contribution >= 4 is 5.91 Å². The van der Waals surface area contributed by atoms with Gasteiger partial charge in [0.1, 0.15) is 12.4 Å². The lowest BCUT2D eigenvalue weighted by Gasteiger charge is -2.19. The minimum Gasteiger partial charge on any atom is -0.497 e. The lowest BCUT2D eigenvalue weighted by atomic mass is 10.1. The van der Waals surface area contributed by atoms with Gasteiger partial charge in [-0.25, -0.2) is 0 Å². The summed E-state index contributed by atoms with van der Waals surface area (Å²) in [5.74, 6) is 6.43. The molecule has 0 aromatic heterocycles. The monoisotopic (exact) mass is 288 g/mol. The summed E-state index contributed by atoms with van der Waals surface area (Å²) in [4.78, 5) is 13.7. The van der Waals surface area contributed by atoms with E-state index in [-0.39, 0.29) is 12.5 Å². The number of aliphatic hydroxyl groups is 1. The number of nitrogens with zero attached hydrogens (tertiary/aromatic N) is 1. The van der Waals surface area contributed by atoms with Crippen LogP contribution in [-0.2, 0) is 11.3 Å². The Morgan fingerprint density at radius 2 is 2.33 bits per heavy atom. The molecular weight excluding hydrogens is 268 g/mol. The first-order valence-corrected chi connectivity index (χ1v) is 6.98. The molecule has 0 spiro atoms. The van der Waals surface area contributed by atoms with Crippen LogP contribution in [0.4, 0.5) is 0 Å². The molecular formula is C16H20N2O3. The summed E-state index contributed by atoms with van der Waals surface area (Å²) in [5, 5.41) is 11.7. The number of benzene rings is 1. The van der Waals surface area contributed by atoms with Gasteiger partial charge in [0.2, 0.25) is 5.91 Å². The van der Waals surface area contributed by atoms with Crippen molar-refractivity contribution in [2.75, 3.05) is 33.4 Å². The number of aliphatic hydroxyl groups excluding tert-OH is 1. The van der Waals surface area contributed by atoms with Gasteiger partial charge in [0.25, 0.3) is 0 Å². The highest BCUT2D eigenvalue weighted by Crippen LogP contribution is 2.19. The smallest absolute Gasteiger partial charge is 0.234 e. The summed E-state index contributed by atoms with van der Waals surface area (Å²) in [6, 6.07) is 5.67. The average Bonchev–Trinajstić information content (AvgIpc) is 2.70. The number of rotatable bonds is 3. The van der Waals surface area contributed by atoms with Gasteiger partial charge in [-0.05, 0) is 30.2 Å². The highest BCUT2D eigenvalue weighted by Gasteiger charge is 2.16.